The van der Waals surface area contributed by atoms with E-state index in [1.165, 1.54) is 17.7 Å². The Morgan fingerprint density at radius 2 is 2.17 bits per heavy atom. The first kappa shape index (κ1) is 17.6. The maximum atomic E-state index is 12.4. The Kier molecular flexibility index (Phi) is 6.29. The third-order valence-electron chi connectivity index (χ3n) is 3.42. The molecular formula is C16H24N4O2S. The van der Waals surface area contributed by atoms with Crippen molar-refractivity contribution in [1.29, 1.82) is 0 Å². The van der Waals surface area contributed by atoms with Crippen LogP contribution in [0.2, 0.25) is 0 Å². The number of nitrogens with one attached hydrogen (secondary N) is 2. The molecule has 0 saturated carbocycles. The van der Waals surface area contributed by atoms with Gasteiger partial charge in [-0.1, -0.05) is 13.8 Å². The summed E-state index contributed by atoms with van der Waals surface area (Å²) in [5, 5.41) is 7.21. The monoisotopic (exact) mass is 336 g/mol. The Balaban J connectivity index is 2.22. The number of fused-ring (bicyclic) bond motifs is 1. The van der Waals surface area contributed by atoms with Gasteiger partial charge in [0.15, 0.2) is 0 Å². The van der Waals surface area contributed by atoms with Crippen molar-refractivity contribution >= 4 is 33.3 Å². The minimum Gasteiger partial charge on any atom is -0.385 e. The molecule has 1 amide bonds. The molecule has 2 N–H and O–H groups in total. The van der Waals surface area contributed by atoms with E-state index >= 15 is 0 Å². The fourth-order valence-electron chi connectivity index (χ4n) is 2.22. The maximum absolute atomic E-state index is 12.4. The average Bonchev–Trinajstić information content (AvgIpc) is 2.87. The van der Waals surface area contributed by atoms with Crippen molar-refractivity contribution in [2.75, 3.05) is 32.1 Å². The summed E-state index contributed by atoms with van der Waals surface area (Å²) in [4.78, 5) is 22.5. The first-order valence-corrected chi connectivity index (χ1v) is 8.61. The van der Waals surface area contributed by atoms with Crippen LogP contribution in [-0.2, 0) is 4.74 Å². The van der Waals surface area contributed by atoms with Gasteiger partial charge in [-0.05, 0) is 24.8 Å². The van der Waals surface area contributed by atoms with E-state index in [1.54, 1.807) is 7.11 Å². The molecule has 23 heavy (non-hydrogen) atoms. The number of nitrogens with zero attached hydrogens (tertiary/aromatic N) is 2. The van der Waals surface area contributed by atoms with Gasteiger partial charge in [-0.25, -0.2) is 9.97 Å². The second kappa shape index (κ2) is 8.21. The molecular weight excluding hydrogens is 312 g/mol. The molecule has 2 heterocycles. The van der Waals surface area contributed by atoms with Crippen LogP contribution in [-0.4, -0.2) is 42.7 Å². The fraction of sp³-hybridized carbons (Fsp3) is 0.562. The lowest BCUT2D eigenvalue weighted by molar-refractivity contribution is 0.0952. The summed E-state index contributed by atoms with van der Waals surface area (Å²) < 4.78 is 5.05. The van der Waals surface area contributed by atoms with Crippen molar-refractivity contribution in [1.82, 2.24) is 15.3 Å². The highest BCUT2D eigenvalue weighted by Crippen LogP contribution is 2.33. The molecule has 6 nitrogen and oxygen atoms in total. The SMILES string of the molecule is COCCCNc1ncnc2sc(C(=O)NCC(C)C)c(C)c12. The highest BCUT2D eigenvalue weighted by molar-refractivity contribution is 7.20. The predicted octanol–water partition coefficient (Wildman–Crippen LogP) is 2.83. The van der Waals surface area contributed by atoms with E-state index in [0.717, 1.165) is 34.6 Å². The summed E-state index contributed by atoms with van der Waals surface area (Å²) >= 11 is 1.41. The zero-order valence-corrected chi connectivity index (χ0v) is 14.9. The third-order valence-corrected chi connectivity index (χ3v) is 4.62. The second-order valence-corrected chi connectivity index (χ2v) is 6.83. The van der Waals surface area contributed by atoms with Gasteiger partial charge in [-0.15, -0.1) is 11.3 Å². The molecule has 0 saturated heterocycles. The molecule has 0 aliphatic carbocycles. The van der Waals surface area contributed by atoms with Crippen molar-refractivity contribution in [3.63, 3.8) is 0 Å². The lowest BCUT2D eigenvalue weighted by Gasteiger charge is -2.08. The largest absolute Gasteiger partial charge is 0.385 e. The number of methoxy groups -OCH3 is 1. The van der Waals surface area contributed by atoms with E-state index in [-0.39, 0.29) is 5.91 Å². The average molecular weight is 336 g/mol. The van der Waals surface area contributed by atoms with Crippen LogP contribution in [0.4, 0.5) is 5.82 Å². The number of hydrogen-bond donors (Lipinski definition) is 2. The van der Waals surface area contributed by atoms with Gasteiger partial charge in [0.05, 0.1) is 10.3 Å². The summed E-state index contributed by atoms with van der Waals surface area (Å²) in [6.45, 7) is 8.24. The van der Waals surface area contributed by atoms with Gasteiger partial charge in [0.2, 0.25) is 0 Å². The first-order chi connectivity index (χ1) is 11.0. The number of hydrogen-bond acceptors (Lipinski definition) is 6. The zero-order valence-electron chi connectivity index (χ0n) is 14.1. The van der Waals surface area contributed by atoms with Crippen molar-refractivity contribution in [3.05, 3.63) is 16.8 Å². The molecule has 2 aromatic rings. The molecule has 0 atom stereocenters. The van der Waals surface area contributed by atoms with E-state index in [1.807, 2.05) is 6.92 Å². The molecule has 0 radical (unpaired) electrons. The predicted molar refractivity (Wildman–Crippen MR) is 94.3 cm³/mol. The van der Waals surface area contributed by atoms with Crippen LogP contribution in [0, 0.1) is 12.8 Å². The first-order valence-electron chi connectivity index (χ1n) is 7.79. The van der Waals surface area contributed by atoms with Crippen LogP contribution in [0.5, 0.6) is 0 Å². The number of carbonyl (C=O) groups excluding carboxylic acids is 1. The third kappa shape index (κ3) is 4.39. The Morgan fingerprint density at radius 3 is 2.87 bits per heavy atom. The lowest BCUT2D eigenvalue weighted by Crippen LogP contribution is -2.27. The van der Waals surface area contributed by atoms with E-state index in [9.17, 15) is 4.79 Å². The number of aryl methyl sites for hydroxylation is 1. The second-order valence-electron chi connectivity index (χ2n) is 5.84. The maximum Gasteiger partial charge on any atom is 0.261 e. The molecule has 0 fully saturated rings. The number of ether oxygens (including phenoxy) is 1. The van der Waals surface area contributed by atoms with Crippen LogP contribution in [0.3, 0.4) is 0 Å². The van der Waals surface area contributed by atoms with E-state index < -0.39 is 0 Å². The number of thiophene rings is 1. The lowest BCUT2D eigenvalue weighted by atomic mass is 10.2. The molecule has 0 aliphatic rings. The molecule has 0 aliphatic heterocycles. The van der Waals surface area contributed by atoms with Crippen molar-refractivity contribution in [2.24, 2.45) is 5.92 Å². The van der Waals surface area contributed by atoms with Gasteiger partial charge in [0.25, 0.3) is 5.91 Å². The number of anilines is 1. The van der Waals surface area contributed by atoms with Crippen LogP contribution in [0.1, 0.15) is 35.5 Å². The Bertz CT molecular complexity index is 669. The number of amides is 1. The van der Waals surface area contributed by atoms with Crippen LogP contribution in [0.15, 0.2) is 6.33 Å². The molecule has 0 aromatic carbocycles. The van der Waals surface area contributed by atoms with Gasteiger partial charge < -0.3 is 15.4 Å². The van der Waals surface area contributed by atoms with Gasteiger partial charge in [-0.3, -0.25) is 4.79 Å². The van der Waals surface area contributed by atoms with Crippen LogP contribution >= 0.6 is 11.3 Å². The van der Waals surface area contributed by atoms with Crippen molar-refractivity contribution in [2.45, 2.75) is 27.2 Å². The molecule has 7 heteroatoms. The zero-order chi connectivity index (χ0) is 16.8. The normalized spacial score (nSPS) is 11.2. The summed E-state index contributed by atoms with van der Waals surface area (Å²) in [6.07, 6.45) is 2.43. The summed E-state index contributed by atoms with van der Waals surface area (Å²) in [5.41, 5.74) is 0.932. The smallest absolute Gasteiger partial charge is 0.261 e. The quantitative estimate of drug-likeness (QED) is 0.725. The Morgan fingerprint density at radius 1 is 1.39 bits per heavy atom. The van der Waals surface area contributed by atoms with Crippen LogP contribution in [0.25, 0.3) is 10.2 Å². The van der Waals surface area contributed by atoms with Gasteiger partial charge in [-0.2, -0.15) is 0 Å². The number of carbonyl (C=O) groups is 1. The van der Waals surface area contributed by atoms with Gasteiger partial charge in [0, 0.05) is 26.8 Å². The molecule has 2 aromatic heterocycles. The van der Waals surface area contributed by atoms with Crippen molar-refractivity contribution < 1.29 is 9.53 Å². The number of aromatic nitrogens is 2. The molecule has 2 rings (SSSR count). The Hall–Kier alpha value is -1.73. The topological polar surface area (TPSA) is 76.1 Å². The Labute approximate surface area is 140 Å². The molecule has 0 unspecified atom stereocenters. The molecule has 0 bridgehead atoms. The number of rotatable bonds is 8. The minimum atomic E-state index is -0.0375. The summed E-state index contributed by atoms with van der Waals surface area (Å²) in [5.74, 6) is 1.17. The van der Waals surface area contributed by atoms with Gasteiger partial charge >= 0.3 is 0 Å². The highest BCUT2D eigenvalue weighted by Gasteiger charge is 2.19. The fourth-order valence-corrected chi connectivity index (χ4v) is 3.29. The van der Waals surface area contributed by atoms with E-state index in [0.29, 0.717) is 23.9 Å². The minimum absolute atomic E-state index is 0.0375. The summed E-state index contributed by atoms with van der Waals surface area (Å²) in [7, 11) is 1.69. The van der Waals surface area contributed by atoms with Gasteiger partial charge in [0.1, 0.15) is 17.0 Å². The van der Waals surface area contributed by atoms with E-state index in [2.05, 4.69) is 34.4 Å². The highest BCUT2D eigenvalue weighted by atomic mass is 32.1. The summed E-state index contributed by atoms with van der Waals surface area (Å²) in [6, 6.07) is 0. The molecule has 126 valence electrons. The van der Waals surface area contributed by atoms with E-state index in [4.69, 9.17) is 4.74 Å². The standard InChI is InChI=1S/C16H24N4O2S/c1-10(2)8-18-15(21)13-11(3)12-14(17-6-5-7-22-4)19-9-20-16(12)23-13/h9-10H,5-8H2,1-4H3,(H,18,21)(H,17,19,20). The van der Waals surface area contributed by atoms with Crippen LogP contribution < -0.4 is 10.6 Å². The molecule has 0 spiro atoms. The van der Waals surface area contributed by atoms with Crippen molar-refractivity contribution in [3.8, 4) is 0 Å².